The Balaban J connectivity index is 1.96. The standard InChI is InChI=1S/C16H16N2OS/c1-10-4-5-11(2)14(8-10)18-16-17-13-7-6-12(19-3)9-15(13)20-16/h4-9H,1-3H3,(H,17,18). The third-order valence-electron chi connectivity index (χ3n) is 3.23. The van der Waals surface area contributed by atoms with Crippen molar-refractivity contribution < 1.29 is 4.74 Å². The summed E-state index contributed by atoms with van der Waals surface area (Å²) in [6, 6.07) is 12.3. The Morgan fingerprint density at radius 2 is 1.95 bits per heavy atom. The summed E-state index contributed by atoms with van der Waals surface area (Å²) in [7, 11) is 1.68. The Morgan fingerprint density at radius 1 is 1.10 bits per heavy atom. The maximum absolute atomic E-state index is 5.24. The molecule has 4 heteroatoms. The Labute approximate surface area is 122 Å². The predicted octanol–water partition coefficient (Wildman–Crippen LogP) is 4.67. The number of hydrogen-bond acceptors (Lipinski definition) is 4. The average Bonchev–Trinajstić information content (AvgIpc) is 2.84. The third kappa shape index (κ3) is 2.47. The van der Waals surface area contributed by atoms with Gasteiger partial charge in [-0.3, -0.25) is 0 Å². The maximum atomic E-state index is 5.24. The van der Waals surface area contributed by atoms with Gasteiger partial charge in [0.15, 0.2) is 5.13 Å². The predicted molar refractivity (Wildman–Crippen MR) is 85.4 cm³/mol. The fourth-order valence-electron chi connectivity index (χ4n) is 2.07. The minimum Gasteiger partial charge on any atom is -0.497 e. The van der Waals surface area contributed by atoms with Crippen molar-refractivity contribution in [3.8, 4) is 5.75 Å². The molecule has 3 aromatic rings. The zero-order valence-electron chi connectivity index (χ0n) is 11.7. The van der Waals surface area contributed by atoms with Crippen LogP contribution in [0.2, 0.25) is 0 Å². The van der Waals surface area contributed by atoms with Crippen LogP contribution in [0.15, 0.2) is 36.4 Å². The highest BCUT2D eigenvalue weighted by molar-refractivity contribution is 7.22. The van der Waals surface area contributed by atoms with E-state index in [1.54, 1.807) is 18.4 Å². The minimum atomic E-state index is 0.861. The van der Waals surface area contributed by atoms with Crippen molar-refractivity contribution in [2.75, 3.05) is 12.4 Å². The molecule has 0 aliphatic carbocycles. The minimum absolute atomic E-state index is 0.861. The van der Waals surface area contributed by atoms with Gasteiger partial charge in [0.2, 0.25) is 0 Å². The summed E-state index contributed by atoms with van der Waals surface area (Å²) in [5.41, 5.74) is 4.55. The van der Waals surface area contributed by atoms with E-state index in [1.807, 2.05) is 18.2 Å². The number of methoxy groups -OCH3 is 1. The van der Waals surface area contributed by atoms with Gasteiger partial charge in [-0.2, -0.15) is 0 Å². The van der Waals surface area contributed by atoms with Crippen LogP contribution in [0.4, 0.5) is 10.8 Å². The highest BCUT2D eigenvalue weighted by Gasteiger charge is 2.06. The molecule has 0 aliphatic rings. The van der Waals surface area contributed by atoms with E-state index in [1.165, 1.54) is 11.1 Å². The van der Waals surface area contributed by atoms with Gasteiger partial charge >= 0.3 is 0 Å². The Morgan fingerprint density at radius 3 is 2.75 bits per heavy atom. The van der Waals surface area contributed by atoms with E-state index in [-0.39, 0.29) is 0 Å². The van der Waals surface area contributed by atoms with Crippen LogP contribution in [0, 0.1) is 13.8 Å². The molecule has 1 N–H and O–H groups in total. The molecule has 3 nitrogen and oxygen atoms in total. The summed E-state index contributed by atoms with van der Waals surface area (Å²) in [6.07, 6.45) is 0. The van der Waals surface area contributed by atoms with Gasteiger partial charge in [0, 0.05) is 5.69 Å². The summed E-state index contributed by atoms with van der Waals surface area (Å²) < 4.78 is 6.37. The fourth-order valence-corrected chi connectivity index (χ4v) is 2.98. The second-order valence-corrected chi connectivity index (χ2v) is 5.83. The van der Waals surface area contributed by atoms with Crippen LogP contribution in [0.1, 0.15) is 11.1 Å². The monoisotopic (exact) mass is 284 g/mol. The van der Waals surface area contributed by atoms with Crippen LogP contribution < -0.4 is 10.1 Å². The molecule has 0 saturated carbocycles. The second kappa shape index (κ2) is 5.13. The summed E-state index contributed by atoms with van der Waals surface area (Å²) >= 11 is 1.63. The lowest BCUT2D eigenvalue weighted by atomic mass is 10.1. The van der Waals surface area contributed by atoms with Gasteiger partial charge in [0.05, 0.1) is 17.3 Å². The van der Waals surface area contributed by atoms with E-state index in [9.17, 15) is 0 Å². The van der Waals surface area contributed by atoms with Crippen molar-refractivity contribution in [1.29, 1.82) is 0 Å². The van der Waals surface area contributed by atoms with Crippen LogP contribution in [0.25, 0.3) is 10.2 Å². The van der Waals surface area contributed by atoms with Gasteiger partial charge in [-0.25, -0.2) is 4.98 Å². The molecule has 0 amide bonds. The molecule has 20 heavy (non-hydrogen) atoms. The molecule has 2 aromatic carbocycles. The number of aromatic nitrogens is 1. The number of ether oxygens (including phenoxy) is 1. The van der Waals surface area contributed by atoms with Crippen molar-refractivity contribution in [1.82, 2.24) is 4.98 Å². The molecule has 0 spiro atoms. The topological polar surface area (TPSA) is 34.1 Å². The lowest BCUT2D eigenvalue weighted by Gasteiger charge is -2.07. The molecule has 0 aliphatic heterocycles. The van der Waals surface area contributed by atoms with Gasteiger partial charge in [-0.05, 0) is 49.2 Å². The Kier molecular flexibility index (Phi) is 3.32. The molecular formula is C16H16N2OS. The highest BCUT2D eigenvalue weighted by Crippen LogP contribution is 2.31. The number of fused-ring (bicyclic) bond motifs is 1. The summed E-state index contributed by atoms with van der Waals surface area (Å²) in [5.74, 6) is 0.861. The normalized spacial score (nSPS) is 10.8. The largest absolute Gasteiger partial charge is 0.497 e. The first-order valence-corrected chi connectivity index (χ1v) is 7.26. The highest BCUT2D eigenvalue weighted by atomic mass is 32.1. The van der Waals surface area contributed by atoms with Gasteiger partial charge in [0.25, 0.3) is 0 Å². The first-order chi connectivity index (χ1) is 9.65. The lowest BCUT2D eigenvalue weighted by Crippen LogP contribution is -1.92. The summed E-state index contributed by atoms with van der Waals surface area (Å²) in [4.78, 5) is 4.61. The number of thiazole rings is 1. The van der Waals surface area contributed by atoms with E-state index < -0.39 is 0 Å². The molecule has 0 bridgehead atoms. The summed E-state index contributed by atoms with van der Waals surface area (Å²) in [6.45, 7) is 4.19. The fraction of sp³-hybridized carbons (Fsp3) is 0.188. The number of rotatable bonds is 3. The van der Waals surface area contributed by atoms with Gasteiger partial charge in [0.1, 0.15) is 5.75 Å². The Bertz CT molecular complexity index is 764. The van der Waals surface area contributed by atoms with Crippen molar-refractivity contribution >= 4 is 32.4 Å². The molecule has 3 rings (SSSR count). The first-order valence-electron chi connectivity index (χ1n) is 6.44. The molecule has 0 unspecified atom stereocenters. The second-order valence-electron chi connectivity index (χ2n) is 4.80. The zero-order valence-corrected chi connectivity index (χ0v) is 12.5. The van der Waals surface area contributed by atoms with Crippen molar-refractivity contribution in [3.63, 3.8) is 0 Å². The molecule has 0 radical (unpaired) electrons. The Hall–Kier alpha value is -2.07. The molecule has 0 fully saturated rings. The zero-order chi connectivity index (χ0) is 14.1. The summed E-state index contributed by atoms with van der Waals surface area (Å²) in [5, 5.41) is 4.31. The average molecular weight is 284 g/mol. The molecule has 0 saturated heterocycles. The van der Waals surface area contributed by atoms with E-state index in [0.29, 0.717) is 0 Å². The van der Waals surface area contributed by atoms with Gasteiger partial charge < -0.3 is 10.1 Å². The van der Waals surface area contributed by atoms with Crippen LogP contribution >= 0.6 is 11.3 Å². The molecule has 0 atom stereocenters. The van der Waals surface area contributed by atoms with E-state index in [4.69, 9.17) is 4.74 Å². The smallest absolute Gasteiger partial charge is 0.188 e. The number of nitrogens with one attached hydrogen (secondary N) is 1. The van der Waals surface area contributed by atoms with Crippen LogP contribution in [0.5, 0.6) is 5.75 Å². The van der Waals surface area contributed by atoms with E-state index in [0.717, 1.165) is 26.8 Å². The van der Waals surface area contributed by atoms with Gasteiger partial charge in [-0.15, -0.1) is 0 Å². The number of anilines is 2. The first kappa shape index (κ1) is 12.9. The number of nitrogens with zero attached hydrogens (tertiary/aromatic N) is 1. The quantitative estimate of drug-likeness (QED) is 0.759. The van der Waals surface area contributed by atoms with Crippen LogP contribution in [0.3, 0.4) is 0 Å². The van der Waals surface area contributed by atoms with Crippen molar-refractivity contribution in [2.45, 2.75) is 13.8 Å². The SMILES string of the molecule is COc1ccc2nc(Nc3cc(C)ccc3C)sc2c1. The van der Waals surface area contributed by atoms with Gasteiger partial charge in [-0.1, -0.05) is 23.5 Å². The number of aryl methyl sites for hydroxylation is 2. The maximum Gasteiger partial charge on any atom is 0.188 e. The van der Waals surface area contributed by atoms with E-state index >= 15 is 0 Å². The lowest BCUT2D eigenvalue weighted by molar-refractivity contribution is 0.415. The molecule has 102 valence electrons. The number of benzene rings is 2. The third-order valence-corrected chi connectivity index (χ3v) is 4.16. The van der Waals surface area contributed by atoms with Crippen molar-refractivity contribution in [2.24, 2.45) is 0 Å². The molecule has 1 aromatic heterocycles. The van der Waals surface area contributed by atoms with Crippen LogP contribution in [-0.2, 0) is 0 Å². The van der Waals surface area contributed by atoms with E-state index in [2.05, 4.69) is 42.3 Å². The number of hydrogen-bond donors (Lipinski definition) is 1. The van der Waals surface area contributed by atoms with Crippen molar-refractivity contribution in [3.05, 3.63) is 47.5 Å². The molecular weight excluding hydrogens is 268 g/mol. The molecule has 1 heterocycles. The van der Waals surface area contributed by atoms with Crippen LogP contribution in [-0.4, -0.2) is 12.1 Å².